The molecule has 0 saturated carbocycles. The number of hydrogen-bond acceptors (Lipinski definition) is 1. The molecular formula is C18H30O. The van der Waals surface area contributed by atoms with Gasteiger partial charge in [0.15, 0.2) is 0 Å². The van der Waals surface area contributed by atoms with Gasteiger partial charge in [0.25, 0.3) is 0 Å². The molecule has 1 rings (SSSR count). The Kier molecular flexibility index (Phi) is 5.06. The summed E-state index contributed by atoms with van der Waals surface area (Å²) in [6.07, 6.45) is 4.31. The van der Waals surface area contributed by atoms with Gasteiger partial charge in [-0.2, -0.15) is 0 Å². The Labute approximate surface area is 119 Å². The van der Waals surface area contributed by atoms with Gasteiger partial charge in [0.2, 0.25) is 0 Å². The lowest BCUT2D eigenvalue weighted by Gasteiger charge is -2.25. The van der Waals surface area contributed by atoms with E-state index in [1.807, 2.05) is 6.07 Å². The lowest BCUT2D eigenvalue weighted by atomic mass is 9.80. The summed E-state index contributed by atoms with van der Waals surface area (Å²) in [6, 6.07) is 6.13. The van der Waals surface area contributed by atoms with Gasteiger partial charge in [-0.1, -0.05) is 66.5 Å². The largest absolute Gasteiger partial charge is 0.508 e. The molecule has 1 heteroatoms. The molecule has 0 saturated heterocycles. The van der Waals surface area contributed by atoms with Crippen molar-refractivity contribution >= 4 is 0 Å². The summed E-state index contributed by atoms with van der Waals surface area (Å²) in [4.78, 5) is 0. The van der Waals surface area contributed by atoms with Crippen molar-refractivity contribution in [1.82, 2.24) is 0 Å². The number of rotatable bonds is 6. The maximum absolute atomic E-state index is 10.0. The first-order valence-electron chi connectivity index (χ1n) is 7.50. The molecule has 0 heterocycles. The summed E-state index contributed by atoms with van der Waals surface area (Å²) >= 11 is 0. The van der Waals surface area contributed by atoms with Crippen molar-refractivity contribution in [1.29, 1.82) is 0 Å². The van der Waals surface area contributed by atoms with Crippen LogP contribution < -0.4 is 0 Å². The molecule has 0 bridgehead atoms. The van der Waals surface area contributed by atoms with Crippen LogP contribution in [-0.2, 0) is 12.8 Å². The van der Waals surface area contributed by atoms with Crippen LogP contribution in [0.1, 0.15) is 65.5 Å². The minimum atomic E-state index is 0.246. The highest BCUT2D eigenvalue weighted by Crippen LogP contribution is 2.32. The second-order valence-electron chi connectivity index (χ2n) is 7.35. The van der Waals surface area contributed by atoms with Crippen LogP contribution in [0.15, 0.2) is 18.2 Å². The van der Waals surface area contributed by atoms with Gasteiger partial charge in [-0.3, -0.25) is 0 Å². The number of aromatic hydroxyl groups is 1. The number of hydrogen-bond donors (Lipinski definition) is 1. The monoisotopic (exact) mass is 262 g/mol. The maximum Gasteiger partial charge on any atom is 0.118 e. The zero-order valence-electron chi connectivity index (χ0n) is 13.5. The molecule has 1 nitrogen and oxygen atoms in total. The second-order valence-corrected chi connectivity index (χ2v) is 7.35. The minimum Gasteiger partial charge on any atom is -0.508 e. The Morgan fingerprint density at radius 2 is 1.42 bits per heavy atom. The molecule has 108 valence electrons. The normalized spacial score (nSPS) is 12.7. The molecule has 0 aromatic heterocycles. The molecule has 0 unspecified atom stereocenters. The molecule has 0 aliphatic heterocycles. The summed E-state index contributed by atoms with van der Waals surface area (Å²) in [5.74, 6) is 0.444. The third-order valence-electron chi connectivity index (χ3n) is 4.41. The van der Waals surface area contributed by atoms with Crippen LogP contribution >= 0.6 is 0 Å². The first-order valence-corrected chi connectivity index (χ1v) is 7.50. The van der Waals surface area contributed by atoms with E-state index >= 15 is 0 Å². The molecule has 1 aromatic rings. The smallest absolute Gasteiger partial charge is 0.118 e. The highest BCUT2D eigenvalue weighted by molar-refractivity contribution is 5.37. The molecule has 19 heavy (non-hydrogen) atoms. The van der Waals surface area contributed by atoms with Crippen molar-refractivity contribution in [2.75, 3.05) is 0 Å². The van der Waals surface area contributed by atoms with Crippen LogP contribution in [0.5, 0.6) is 5.75 Å². The number of benzene rings is 1. The third-order valence-corrected chi connectivity index (χ3v) is 4.41. The summed E-state index contributed by atoms with van der Waals surface area (Å²) < 4.78 is 0. The van der Waals surface area contributed by atoms with Gasteiger partial charge in [-0.15, -0.1) is 0 Å². The topological polar surface area (TPSA) is 20.2 Å². The van der Waals surface area contributed by atoms with Crippen molar-refractivity contribution in [3.05, 3.63) is 29.3 Å². The number of phenolic OH excluding ortho intramolecular Hbond substituents is 1. The molecule has 0 radical (unpaired) electrons. The summed E-state index contributed by atoms with van der Waals surface area (Å²) in [5.41, 5.74) is 3.01. The first kappa shape index (κ1) is 16.1. The van der Waals surface area contributed by atoms with Crippen molar-refractivity contribution < 1.29 is 5.11 Å². The van der Waals surface area contributed by atoms with Gasteiger partial charge in [-0.25, -0.2) is 0 Å². The van der Waals surface area contributed by atoms with Gasteiger partial charge in [-0.05, 0) is 40.9 Å². The van der Waals surface area contributed by atoms with Crippen LogP contribution in [0.3, 0.4) is 0 Å². The van der Waals surface area contributed by atoms with E-state index in [-0.39, 0.29) is 5.41 Å². The van der Waals surface area contributed by atoms with E-state index < -0.39 is 0 Å². The van der Waals surface area contributed by atoms with Gasteiger partial charge in [0.1, 0.15) is 5.75 Å². The average Bonchev–Trinajstić information content (AvgIpc) is 2.33. The van der Waals surface area contributed by atoms with Crippen molar-refractivity contribution in [2.45, 2.75) is 67.2 Å². The third kappa shape index (κ3) is 4.89. The molecule has 0 aliphatic carbocycles. The fraction of sp³-hybridized carbons (Fsp3) is 0.667. The molecule has 0 atom stereocenters. The van der Waals surface area contributed by atoms with Crippen molar-refractivity contribution in [2.24, 2.45) is 10.8 Å². The van der Waals surface area contributed by atoms with E-state index in [1.54, 1.807) is 0 Å². The molecule has 0 amide bonds. The van der Waals surface area contributed by atoms with Crippen molar-refractivity contribution in [3.8, 4) is 5.75 Å². The predicted octanol–water partition coefficient (Wildman–Crippen LogP) is 5.35. The van der Waals surface area contributed by atoms with Gasteiger partial charge >= 0.3 is 0 Å². The average molecular weight is 262 g/mol. The number of phenols is 1. The molecular weight excluding hydrogens is 232 g/mol. The highest BCUT2D eigenvalue weighted by atomic mass is 16.3. The van der Waals surface area contributed by atoms with Crippen LogP contribution in [0.4, 0.5) is 0 Å². The lowest BCUT2D eigenvalue weighted by Crippen LogP contribution is -2.15. The van der Waals surface area contributed by atoms with E-state index in [9.17, 15) is 5.11 Å². The van der Waals surface area contributed by atoms with Crippen molar-refractivity contribution in [3.63, 3.8) is 0 Å². The van der Waals surface area contributed by atoms with Gasteiger partial charge in [0.05, 0.1) is 0 Å². The molecule has 0 fully saturated rings. The van der Waals surface area contributed by atoms with Crippen LogP contribution in [-0.4, -0.2) is 5.11 Å². The fourth-order valence-electron chi connectivity index (χ4n) is 2.21. The van der Waals surface area contributed by atoms with E-state index in [0.717, 1.165) is 24.8 Å². The molecule has 0 spiro atoms. The maximum atomic E-state index is 10.0. The van der Waals surface area contributed by atoms with E-state index in [1.165, 1.54) is 12.0 Å². The quantitative estimate of drug-likeness (QED) is 0.732. The minimum absolute atomic E-state index is 0.246. The Balaban J connectivity index is 2.95. The Hall–Kier alpha value is -0.980. The molecule has 1 aromatic carbocycles. The van der Waals surface area contributed by atoms with Crippen LogP contribution in [0.25, 0.3) is 0 Å². The SMILES string of the molecule is CCC(C)(C)Cc1ccc(O)c(CC(C)(C)CC)c1. The van der Waals surface area contributed by atoms with E-state index in [4.69, 9.17) is 0 Å². The Bertz CT molecular complexity index is 416. The zero-order valence-corrected chi connectivity index (χ0v) is 13.5. The van der Waals surface area contributed by atoms with Gasteiger partial charge in [0, 0.05) is 0 Å². The molecule has 0 aliphatic rings. The summed E-state index contributed by atoms with van der Waals surface area (Å²) in [7, 11) is 0. The Morgan fingerprint density at radius 1 is 0.895 bits per heavy atom. The van der Waals surface area contributed by atoms with Gasteiger partial charge < -0.3 is 5.11 Å². The standard InChI is InChI=1S/C18H30O/c1-7-17(3,4)12-14-9-10-16(19)15(11-14)13-18(5,6)8-2/h9-11,19H,7-8,12-13H2,1-6H3. The Morgan fingerprint density at radius 3 is 1.95 bits per heavy atom. The van der Waals surface area contributed by atoms with E-state index in [0.29, 0.717) is 11.2 Å². The zero-order chi connectivity index (χ0) is 14.7. The van der Waals surface area contributed by atoms with Crippen LogP contribution in [0.2, 0.25) is 0 Å². The first-order chi connectivity index (χ1) is 8.69. The van der Waals surface area contributed by atoms with Crippen LogP contribution in [0, 0.1) is 10.8 Å². The lowest BCUT2D eigenvalue weighted by molar-refractivity contribution is 0.338. The van der Waals surface area contributed by atoms with E-state index in [2.05, 4.69) is 53.7 Å². The summed E-state index contributed by atoms with van der Waals surface area (Å²) in [5, 5.41) is 10.0. The summed E-state index contributed by atoms with van der Waals surface area (Å²) in [6.45, 7) is 13.6. The second kappa shape index (κ2) is 5.98. The highest BCUT2D eigenvalue weighted by Gasteiger charge is 2.20. The predicted molar refractivity (Wildman–Crippen MR) is 83.7 cm³/mol. The molecule has 1 N–H and O–H groups in total. The fourth-order valence-corrected chi connectivity index (χ4v) is 2.21.